The van der Waals surface area contributed by atoms with Crippen LogP contribution in [-0.2, 0) is 28.6 Å². The minimum Gasteiger partial charge on any atom is -0.331 e. The second kappa shape index (κ2) is 7.99. The van der Waals surface area contributed by atoms with Gasteiger partial charge in [-0.15, -0.1) is 0 Å². The Balaban J connectivity index is 0. The summed E-state index contributed by atoms with van der Waals surface area (Å²) in [4.78, 5) is 0. The molecule has 9 heteroatoms. The molecule has 0 unspecified atom stereocenters. The summed E-state index contributed by atoms with van der Waals surface area (Å²) in [6, 6.07) is 0. The fourth-order valence-corrected chi connectivity index (χ4v) is 1.11. The zero-order chi connectivity index (χ0) is 12.5. The summed E-state index contributed by atoms with van der Waals surface area (Å²) in [5.74, 6) is 0. The molecule has 0 saturated carbocycles. The Morgan fingerprint density at radius 1 is 0.933 bits per heavy atom. The average Bonchev–Trinajstić information content (AvgIpc) is 1.96. The summed E-state index contributed by atoms with van der Waals surface area (Å²) in [5, 5.41) is 0. The fraction of sp³-hybridized carbons (Fsp3) is 1.00. The van der Waals surface area contributed by atoms with Gasteiger partial charge in [-0.05, 0) is 6.54 Å². The van der Waals surface area contributed by atoms with Crippen LogP contribution in [0.5, 0.6) is 0 Å². The fourth-order valence-electron chi connectivity index (χ4n) is 0.371. The summed E-state index contributed by atoms with van der Waals surface area (Å²) < 4.78 is 49.7. The van der Waals surface area contributed by atoms with Crippen molar-refractivity contribution in [1.82, 2.24) is 0 Å². The molecule has 0 fully saturated rings. The second-order valence-electron chi connectivity index (χ2n) is 2.46. The topological polar surface area (TPSA) is 113 Å². The lowest BCUT2D eigenvalue weighted by atomic mass is 10.8. The molecular formula is C6H17NO6S2. The van der Waals surface area contributed by atoms with Gasteiger partial charge >= 0.3 is 0 Å². The molecule has 0 aliphatic carbocycles. The van der Waals surface area contributed by atoms with Crippen molar-refractivity contribution >= 4 is 20.2 Å². The van der Waals surface area contributed by atoms with Crippen molar-refractivity contribution in [1.29, 1.82) is 0 Å². The molecule has 15 heavy (non-hydrogen) atoms. The van der Waals surface area contributed by atoms with Gasteiger partial charge in [-0.25, -0.2) is 0 Å². The van der Waals surface area contributed by atoms with Crippen LogP contribution in [-0.4, -0.2) is 49.1 Å². The van der Waals surface area contributed by atoms with Crippen LogP contribution in [0.4, 0.5) is 0 Å². The Bertz CT molecular complexity index is 299. The maximum absolute atomic E-state index is 10.3. The molecule has 0 radical (unpaired) electrons. The number of nitrogens with two attached hydrogens (primary N) is 1. The van der Waals surface area contributed by atoms with Crippen molar-refractivity contribution in [2.24, 2.45) is 5.73 Å². The van der Waals surface area contributed by atoms with E-state index in [1.165, 1.54) is 0 Å². The van der Waals surface area contributed by atoms with Gasteiger partial charge in [0, 0.05) is 0 Å². The predicted octanol–water partition coefficient (Wildman–Crippen LogP) is -1.10. The van der Waals surface area contributed by atoms with Crippen LogP contribution < -0.4 is 5.73 Å². The zero-order valence-corrected chi connectivity index (χ0v) is 10.6. The highest BCUT2D eigenvalue weighted by Gasteiger charge is 2.04. The molecule has 0 atom stereocenters. The quantitative estimate of drug-likeness (QED) is 0.495. The van der Waals surface area contributed by atoms with Crippen LogP contribution in [0.15, 0.2) is 0 Å². The molecular weight excluding hydrogens is 246 g/mol. The lowest BCUT2D eigenvalue weighted by Gasteiger charge is -2.00. The first-order chi connectivity index (χ1) is 6.62. The lowest BCUT2D eigenvalue weighted by Crippen LogP contribution is -2.12. The van der Waals surface area contributed by atoms with E-state index in [2.05, 4.69) is 8.37 Å². The molecule has 0 bridgehead atoms. The lowest BCUT2D eigenvalue weighted by molar-refractivity contribution is 0.227. The molecule has 0 aliphatic rings. The van der Waals surface area contributed by atoms with E-state index in [0.29, 0.717) is 0 Å². The van der Waals surface area contributed by atoms with Gasteiger partial charge in [-0.2, -0.15) is 16.8 Å². The molecule has 0 rings (SSSR count). The Hall–Kier alpha value is -0.220. The Morgan fingerprint density at radius 3 is 1.27 bits per heavy atom. The van der Waals surface area contributed by atoms with Crippen LogP contribution in [0, 0.1) is 0 Å². The van der Waals surface area contributed by atoms with Gasteiger partial charge in [0.05, 0.1) is 25.7 Å². The second-order valence-corrected chi connectivity index (χ2v) is 5.75. The van der Waals surface area contributed by atoms with Gasteiger partial charge in [0.15, 0.2) is 0 Å². The minimum absolute atomic E-state index is 0.300. The van der Waals surface area contributed by atoms with Crippen molar-refractivity contribution in [3.05, 3.63) is 0 Å². The van der Waals surface area contributed by atoms with Crippen LogP contribution >= 0.6 is 0 Å². The average molecular weight is 263 g/mol. The first kappa shape index (κ1) is 17.2. The van der Waals surface area contributed by atoms with Crippen molar-refractivity contribution in [2.75, 3.05) is 32.3 Å². The van der Waals surface area contributed by atoms with Crippen molar-refractivity contribution in [3.63, 3.8) is 0 Å². The molecule has 0 saturated heterocycles. The SMILES string of the molecule is CCN.CS(=O)(=O)OCCOS(C)(=O)=O. The molecule has 2 N–H and O–H groups in total. The Kier molecular flexibility index (Phi) is 9.16. The summed E-state index contributed by atoms with van der Waals surface area (Å²) in [7, 11) is -7.03. The van der Waals surface area contributed by atoms with E-state index in [1.807, 2.05) is 6.92 Å². The highest BCUT2D eigenvalue weighted by Crippen LogP contribution is 1.89. The summed E-state index contributed by atoms with van der Waals surface area (Å²) in [6.45, 7) is 2.05. The van der Waals surface area contributed by atoms with Crippen LogP contribution in [0.2, 0.25) is 0 Å². The maximum atomic E-state index is 10.3. The molecule has 0 aliphatic heterocycles. The number of hydrogen-bond acceptors (Lipinski definition) is 7. The standard InChI is InChI=1S/C4H10O6S2.C2H7N/c1-11(5,6)9-3-4-10-12(2,7)8;1-2-3/h3-4H2,1-2H3;2-3H2,1H3. The highest BCUT2D eigenvalue weighted by atomic mass is 32.2. The molecule has 0 spiro atoms. The van der Waals surface area contributed by atoms with E-state index in [0.717, 1.165) is 19.1 Å². The van der Waals surface area contributed by atoms with Crippen LogP contribution in [0.25, 0.3) is 0 Å². The van der Waals surface area contributed by atoms with Crippen LogP contribution in [0.3, 0.4) is 0 Å². The van der Waals surface area contributed by atoms with E-state index in [4.69, 9.17) is 5.73 Å². The van der Waals surface area contributed by atoms with E-state index in [1.54, 1.807) is 0 Å². The molecule has 7 nitrogen and oxygen atoms in total. The molecule has 0 aromatic heterocycles. The number of rotatable bonds is 5. The Morgan fingerprint density at radius 2 is 1.13 bits per heavy atom. The first-order valence-corrected chi connectivity index (χ1v) is 7.64. The van der Waals surface area contributed by atoms with Gasteiger partial charge in [0.25, 0.3) is 20.2 Å². The zero-order valence-electron chi connectivity index (χ0n) is 8.96. The van der Waals surface area contributed by atoms with Gasteiger partial charge < -0.3 is 5.73 Å². The molecule has 0 aromatic carbocycles. The van der Waals surface area contributed by atoms with E-state index < -0.39 is 20.2 Å². The first-order valence-electron chi connectivity index (χ1n) is 4.01. The third kappa shape index (κ3) is 24.8. The third-order valence-electron chi connectivity index (χ3n) is 0.678. The van der Waals surface area contributed by atoms with E-state index >= 15 is 0 Å². The summed E-state index contributed by atoms with van der Waals surface area (Å²) >= 11 is 0. The number of hydrogen-bond donors (Lipinski definition) is 1. The van der Waals surface area contributed by atoms with Crippen LogP contribution in [0.1, 0.15) is 6.92 Å². The molecule has 0 heterocycles. The molecule has 94 valence electrons. The van der Waals surface area contributed by atoms with Crippen molar-refractivity contribution in [2.45, 2.75) is 6.92 Å². The smallest absolute Gasteiger partial charge is 0.264 e. The maximum Gasteiger partial charge on any atom is 0.264 e. The van der Waals surface area contributed by atoms with E-state index in [-0.39, 0.29) is 13.2 Å². The molecule has 0 amide bonds. The highest BCUT2D eigenvalue weighted by molar-refractivity contribution is 7.86. The van der Waals surface area contributed by atoms with Gasteiger partial charge in [0.2, 0.25) is 0 Å². The minimum atomic E-state index is -3.52. The van der Waals surface area contributed by atoms with Gasteiger partial charge in [0.1, 0.15) is 0 Å². The van der Waals surface area contributed by atoms with Crippen molar-refractivity contribution < 1.29 is 25.2 Å². The van der Waals surface area contributed by atoms with E-state index in [9.17, 15) is 16.8 Å². The predicted molar refractivity (Wildman–Crippen MR) is 56.3 cm³/mol. The summed E-state index contributed by atoms with van der Waals surface area (Å²) in [6.07, 6.45) is 1.74. The largest absolute Gasteiger partial charge is 0.331 e. The Labute approximate surface area is 90.8 Å². The third-order valence-corrected chi connectivity index (χ3v) is 1.87. The molecule has 0 aromatic rings. The monoisotopic (exact) mass is 263 g/mol. The van der Waals surface area contributed by atoms with Crippen molar-refractivity contribution in [3.8, 4) is 0 Å². The van der Waals surface area contributed by atoms with Gasteiger partial charge in [-0.1, -0.05) is 6.92 Å². The summed E-state index contributed by atoms with van der Waals surface area (Å²) in [5.41, 5.74) is 4.85. The van der Waals surface area contributed by atoms with Gasteiger partial charge in [-0.3, -0.25) is 8.37 Å². The normalized spacial score (nSPS) is 11.7.